The standard InChI is InChI=1S/C21H18ClN3O5S/c1-30-19-7-3-5-15(20(19)26)13-23-24-21(27)14-4-2-6-18(12-14)31(28,29)25-17-10-8-16(22)9-11-17/h2-13,25-26H,1H3,(H,24,27)/b23-13+. The number of ether oxygens (including phenoxy) is 1. The number of sulfonamides is 1. The van der Waals surface area contributed by atoms with Crippen molar-refractivity contribution in [2.45, 2.75) is 4.90 Å². The molecular weight excluding hydrogens is 442 g/mol. The van der Waals surface area contributed by atoms with Gasteiger partial charge in [-0.15, -0.1) is 0 Å². The maximum absolute atomic E-state index is 12.6. The lowest BCUT2D eigenvalue weighted by Crippen LogP contribution is -2.19. The fourth-order valence-corrected chi connectivity index (χ4v) is 3.80. The zero-order valence-electron chi connectivity index (χ0n) is 16.2. The molecule has 8 nitrogen and oxygen atoms in total. The number of para-hydroxylation sites is 1. The van der Waals surface area contributed by atoms with Gasteiger partial charge in [-0.25, -0.2) is 13.8 Å². The van der Waals surface area contributed by atoms with Gasteiger partial charge in [0.05, 0.1) is 18.2 Å². The topological polar surface area (TPSA) is 117 Å². The predicted octanol–water partition coefficient (Wildman–Crippen LogP) is 3.62. The molecule has 3 aromatic carbocycles. The Bertz CT molecular complexity index is 1230. The highest BCUT2D eigenvalue weighted by Gasteiger charge is 2.16. The molecule has 0 aromatic heterocycles. The second-order valence-corrected chi connectivity index (χ2v) is 8.36. The third-order valence-electron chi connectivity index (χ3n) is 4.12. The SMILES string of the molecule is COc1cccc(/C=N/NC(=O)c2cccc(S(=O)(=O)Nc3ccc(Cl)cc3)c2)c1O. The molecule has 3 rings (SSSR count). The molecule has 0 bridgehead atoms. The number of nitrogens with zero attached hydrogens (tertiary/aromatic N) is 1. The van der Waals surface area contributed by atoms with E-state index in [4.69, 9.17) is 16.3 Å². The molecule has 0 spiro atoms. The molecule has 160 valence electrons. The molecule has 0 aliphatic rings. The summed E-state index contributed by atoms with van der Waals surface area (Å²) in [5.41, 5.74) is 3.06. The number of amides is 1. The number of nitrogens with one attached hydrogen (secondary N) is 2. The van der Waals surface area contributed by atoms with Crippen LogP contribution >= 0.6 is 11.6 Å². The Morgan fingerprint density at radius 1 is 1.10 bits per heavy atom. The minimum Gasteiger partial charge on any atom is -0.504 e. The smallest absolute Gasteiger partial charge is 0.271 e. The second-order valence-electron chi connectivity index (χ2n) is 6.24. The van der Waals surface area contributed by atoms with Crippen LogP contribution in [0.2, 0.25) is 5.02 Å². The lowest BCUT2D eigenvalue weighted by atomic mass is 10.2. The van der Waals surface area contributed by atoms with E-state index < -0.39 is 15.9 Å². The summed E-state index contributed by atoms with van der Waals surface area (Å²) in [4.78, 5) is 12.3. The molecule has 0 atom stereocenters. The summed E-state index contributed by atoms with van der Waals surface area (Å²) in [6.45, 7) is 0. The molecule has 0 radical (unpaired) electrons. The molecule has 0 aliphatic carbocycles. The average molecular weight is 460 g/mol. The number of hydrazone groups is 1. The maximum Gasteiger partial charge on any atom is 0.271 e. The minimum absolute atomic E-state index is 0.0889. The molecule has 3 aromatic rings. The number of benzene rings is 3. The lowest BCUT2D eigenvalue weighted by Gasteiger charge is -2.09. The number of hydrogen-bond donors (Lipinski definition) is 3. The fraction of sp³-hybridized carbons (Fsp3) is 0.0476. The van der Waals surface area contributed by atoms with Gasteiger partial charge < -0.3 is 9.84 Å². The van der Waals surface area contributed by atoms with Crippen molar-refractivity contribution in [1.82, 2.24) is 5.43 Å². The molecular formula is C21H18ClN3O5S. The molecule has 31 heavy (non-hydrogen) atoms. The van der Waals surface area contributed by atoms with Crippen molar-refractivity contribution in [1.29, 1.82) is 0 Å². The first-order chi connectivity index (χ1) is 14.8. The van der Waals surface area contributed by atoms with E-state index in [1.165, 1.54) is 49.7 Å². The van der Waals surface area contributed by atoms with Crippen LogP contribution in [-0.4, -0.2) is 32.8 Å². The average Bonchev–Trinajstić information content (AvgIpc) is 2.76. The van der Waals surface area contributed by atoms with E-state index in [2.05, 4.69) is 15.2 Å². The van der Waals surface area contributed by atoms with Gasteiger partial charge in [0.1, 0.15) is 0 Å². The van der Waals surface area contributed by atoms with Crippen LogP contribution < -0.4 is 14.9 Å². The van der Waals surface area contributed by atoms with Gasteiger partial charge in [0, 0.05) is 21.8 Å². The highest BCUT2D eigenvalue weighted by molar-refractivity contribution is 7.92. The number of hydrogen-bond acceptors (Lipinski definition) is 6. The Morgan fingerprint density at radius 3 is 2.52 bits per heavy atom. The molecule has 0 saturated heterocycles. The van der Waals surface area contributed by atoms with Crippen molar-refractivity contribution < 1.29 is 23.1 Å². The van der Waals surface area contributed by atoms with E-state index in [9.17, 15) is 18.3 Å². The number of carbonyl (C=O) groups is 1. The van der Waals surface area contributed by atoms with Crippen molar-refractivity contribution in [2.24, 2.45) is 5.10 Å². The minimum atomic E-state index is -3.92. The Balaban J connectivity index is 1.73. The highest BCUT2D eigenvalue weighted by Crippen LogP contribution is 2.28. The second kappa shape index (κ2) is 9.50. The van der Waals surface area contributed by atoms with Crippen LogP contribution in [0.3, 0.4) is 0 Å². The van der Waals surface area contributed by atoms with E-state index in [0.717, 1.165) is 0 Å². The van der Waals surface area contributed by atoms with E-state index in [0.29, 0.717) is 16.3 Å². The lowest BCUT2D eigenvalue weighted by molar-refractivity contribution is 0.0955. The zero-order chi connectivity index (χ0) is 22.4. The van der Waals surface area contributed by atoms with Gasteiger partial charge in [-0.1, -0.05) is 23.7 Å². The fourth-order valence-electron chi connectivity index (χ4n) is 2.57. The van der Waals surface area contributed by atoms with Crippen molar-refractivity contribution in [2.75, 3.05) is 11.8 Å². The van der Waals surface area contributed by atoms with Crippen LogP contribution in [0.25, 0.3) is 0 Å². The molecule has 10 heteroatoms. The van der Waals surface area contributed by atoms with Gasteiger partial charge in [-0.3, -0.25) is 9.52 Å². The van der Waals surface area contributed by atoms with Crippen molar-refractivity contribution in [3.8, 4) is 11.5 Å². The number of halogens is 1. The molecule has 3 N–H and O–H groups in total. The van der Waals surface area contributed by atoms with Crippen LogP contribution in [0.4, 0.5) is 5.69 Å². The highest BCUT2D eigenvalue weighted by atomic mass is 35.5. The first-order valence-corrected chi connectivity index (χ1v) is 10.7. The normalized spacial score (nSPS) is 11.3. The number of phenolic OH excluding ortho intramolecular Hbond substituents is 1. The number of rotatable bonds is 7. The van der Waals surface area contributed by atoms with Gasteiger partial charge in [-0.2, -0.15) is 5.10 Å². The molecule has 0 saturated carbocycles. The summed E-state index contributed by atoms with van der Waals surface area (Å²) in [6.07, 6.45) is 1.25. The quantitative estimate of drug-likeness (QED) is 0.368. The van der Waals surface area contributed by atoms with E-state index >= 15 is 0 Å². The molecule has 0 fully saturated rings. The first kappa shape index (κ1) is 22.1. The maximum atomic E-state index is 12.6. The summed E-state index contributed by atoms with van der Waals surface area (Å²) in [5.74, 6) is -0.479. The van der Waals surface area contributed by atoms with E-state index in [1.54, 1.807) is 30.3 Å². The third-order valence-corrected chi connectivity index (χ3v) is 5.75. The first-order valence-electron chi connectivity index (χ1n) is 8.88. The summed E-state index contributed by atoms with van der Waals surface area (Å²) in [7, 11) is -2.50. The summed E-state index contributed by atoms with van der Waals surface area (Å²) in [6, 6.07) is 16.5. The number of phenols is 1. The van der Waals surface area contributed by atoms with E-state index in [1.807, 2.05) is 0 Å². The van der Waals surface area contributed by atoms with Crippen molar-refractivity contribution >= 4 is 39.4 Å². The van der Waals surface area contributed by atoms with Crippen LogP contribution in [0.15, 0.2) is 76.7 Å². The monoisotopic (exact) mass is 459 g/mol. The van der Waals surface area contributed by atoms with Gasteiger partial charge in [0.25, 0.3) is 15.9 Å². The van der Waals surface area contributed by atoms with Gasteiger partial charge in [-0.05, 0) is 54.6 Å². The third kappa shape index (κ3) is 5.53. The Morgan fingerprint density at radius 2 is 1.81 bits per heavy atom. The van der Waals surface area contributed by atoms with Gasteiger partial charge in [0.15, 0.2) is 11.5 Å². The number of carbonyl (C=O) groups excluding carboxylic acids is 1. The molecule has 0 heterocycles. The Labute approximate surface area is 184 Å². The largest absolute Gasteiger partial charge is 0.504 e. The summed E-state index contributed by atoms with van der Waals surface area (Å²) < 4.78 is 32.7. The van der Waals surface area contributed by atoms with Crippen LogP contribution in [0, 0.1) is 0 Å². The van der Waals surface area contributed by atoms with Gasteiger partial charge >= 0.3 is 0 Å². The summed E-state index contributed by atoms with van der Waals surface area (Å²) in [5, 5.41) is 14.3. The van der Waals surface area contributed by atoms with Crippen molar-refractivity contribution in [3.63, 3.8) is 0 Å². The van der Waals surface area contributed by atoms with Gasteiger partial charge in [0.2, 0.25) is 0 Å². The summed E-state index contributed by atoms with van der Waals surface area (Å²) >= 11 is 5.81. The Kier molecular flexibility index (Phi) is 6.78. The Hall–Kier alpha value is -3.56. The molecule has 1 amide bonds. The van der Waals surface area contributed by atoms with Crippen molar-refractivity contribution in [3.05, 3.63) is 82.9 Å². The number of methoxy groups -OCH3 is 1. The zero-order valence-corrected chi connectivity index (χ0v) is 17.8. The molecule has 0 unspecified atom stereocenters. The van der Waals surface area contributed by atoms with Crippen LogP contribution in [0.5, 0.6) is 11.5 Å². The van der Waals surface area contributed by atoms with E-state index in [-0.39, 0.29) is 22.0 Å². The number of anilines is 1. The molecule has 0 aliphatic heterocycles. The van der Waals surface area contributed by atoms with Crippen LogP contribution in [0.1, 0.15) is 15.9 Å². The number of aromatic hydroxyl groups is 1. The van der Waals surface area contributed by atoms with Crippen LogP contribution in [-0.2, 0) is 10.0 Å². The predicted molar refractivity (Wildman–Crippen MR) is 118 cm³/mol.